The molecule has 5 nitrogen and oxygen atoms in total. The number of carbonyl (C=O) groups excluding carboxylic acids is 1. The number of hydrogen-bond donors (Lipinski definition) is 0. The number of hydrogen-bond acceptors (Lipinski definition) is 5. The highest BCUT2D eigenvalue weighted by Gasteiger charge is 2.13. The van der Waals surface area contributed by atoms with Gasteiger partial charge in [0.2, 0.25) is 0 Å². The van der Waals surface area contributed by atoms with E-state index >= 15 is 0 Å². The van der Waals surface area contributed by atoms with Crippen molar-refractivity contribution in [1.82, 2.24) is 4.98 Å². The number of likely N-dealkylation sites (N-methyl/N-ethyl adjacent to an activating group) is 1. The number of nitriles is 1. The molecule has 0 amide bonds. The lowest BCUT2D eigenvalue weighted by atomic mass is 10.2. The zero-order valence-corrected chi connectivity index (χ0v) is 9.30. The van der Waals surface area contributed by atoms with Gasteiger partial charge in [0.05, 0.1) is 24.6 Å². The minimum atomic E-state index is -0.338. The Balaban J connectivity index is 2.95. The molecule has 1 aromatic heterocycles. The van der Waals surface area contributed by atoms with Gasteiger partial charge in [-0.25, -0.2) is 0 Å². The maximum absolute atomic E-state index is 11.2. The third-order valence-electron chi connectivity index (χ3n) is 2.19. The van der Waals surface area contributed by atoms with E-state index in [2.05, 4.69) is 15.8 Å². The Bertz CT molecular complexity index is 412. The van der Waals surface area contributed by atoms with Gasteiger partial charge >= 0.3 is 5.97 Å². The molecule has 0 radical (unpaired) electrons. The number of carbonyl (C=O) groups is 1. The van der Waals surface area contributed by atoms with Crippen LogP contribution in [0.5, 0.6) is 0 Å². The Hall–Kier alpha value is -2.09. The monoisotopic (exact) mass is 219 g/mol. The number of ether oxygens (including phenoxy) is 1. The van der Waals surface area contributed by atoms with Gasteiger partial charge < -0.3 is 9.64 Å². The van der Waals surface area contributed by atoms with Gasteiger partial charge in [0, 0.05) is 12.7 Å². The van der Waals surface area contributed by atoms with E-state index < -0.39 is 0 Å². The predicted octanol–water partition coefficient (Wildman–Crippen LogP) is 0.953. The molecule has 0 saturated heterocycles. The number of aromatic nitrogens is 1. The van der Waals surface area contributed by atoms with Crippen LogP contribution in [0.3, 0.4) is 0 Å². The van der Waals surface area contributed by atoms with Gasteiger partial charge in [-0.2, -0.15) is 5.26 Å². The molecule has 0 atom stereocenters. The first-order valence-electron chi connectivity index (χ1n) is 4.88. The number of pyridine rings is 1. The summed E-state index contributed by atoms with van der Waals surface area (Å²) in [7, 11) is 1.34. The topological polar surface area (TPSA) is 66.2 Å². The van der Waals surface area contributed by atoms with Crippen molar-refractivity contribution in [2.75, 3.05) is 25.1 Å². The summed E-state index contributed by atoms with van der Waals surface area (Å²) in [4.78, 5) is 16.9. The maximum atomic E-state index is 11.2. The second-order valence-corrected chi connectivity index (χ2v) is 3.09. The molecule has 0 spiro atoms. The molecule has 1 heterocycles. The van der Waals surface area contributed by atoms with Crippen LogP contribution >= 0.6 is 0 Å². The fraction of sp³-hybridized carbons (Fsp3) is 0.364. The van der Waals surface area contributed by atoms with Crippen LogP contribution in [0.4, 0.5) is 5.69 Å². The van der Waals surface area contributed by atoms with E-state index in [1.54, 1.807) is 23.4 Å². The molecule has 0 aromatic carbocycles. The summed E-state index contributed by atoms with van der Waals surface area (Å²) in [5, 5.41) is 8.93. The molecule has 0 aliphatic carbocycles. The van der Waals surface area contributed by atoms with Crippen molar-refractivity contribution in [2.24, 2.45) is 0 Å². The second-order valence-electron chi connectivity index (χ2n) is 3.09. The fourth-order valence-corrected chi connectivity index (χ4v) is 1.32. The van der Waals surface area contributed by atoms with Crippen LogP contribution in [0.1, 0.15) is 12.5 Å². The van der Waals surface area contributed by atoms with Crippen LogP contribution in [-0.4, -0.2) is 31.2 Å². The highest BCUT2D eigenvalue weighted by atomic mass is 16.5. The highest BCUT2D eigenvalue weighted by Crippen LogP contribution is 2.17. The third-order valence-corrected chi connectivity index (χ3v) is 2.19. The number of methoxy groups -OCH3 is 1. The molecule has 0 bridgehead atoms. The molecule has 84 valence electrons. The summed E-state index contributed by atoms with van der Waals surface area (Å²) in [6.45, 7) is 2.62. The normalized spacial score (nSPS) is 9.31. The van der Waals surface area contributed by atoms with E-state index in [9.17, 15) is 4.79 Å². The van der Waals surface area contributed by atoms with Crippen molar-refractivity contribution < 1.29 is 9.53 Å². The van der Waals surface area contributed by atoms with E-state index in [0.717, 1.165) is 0 Å². The average molecular weight is 219 g/mol. The quantitative estimate of drug-likeness (QED) is 0.705. The smallest absolute Gasteiger partial charge is 0.325 e. The molecule has 0 fully saturated rings. The summed E-state index contributed by atoms with van der Waals surface area (Å²) >= 11 is 0. The summed E-state index contributed by atoms with van der Waals surface area (Å²) in [5.41, 5.74) is 1.15. The average Bonchev–Trinajstić information content (AvgIpc) is 2.35. The minimum Gasteiger partial charge on any atom is -0.468 e. The van der Waals surface area contributed by atoms with Crippen molar-refractivity contribution in [1.29, 1.82) is 5.26 Å². The molecule has 0 aliphatic rings. The van der Waals surface area contributed by atoms with Crippen LogP contribution in [0.25, 0.3) is 0 Å². The summed E-state index contributed by atoms with van der Waals surface area (Å²) < 4.78 is 4.59. The SMILES string of the molecule is CCN(CC(=O)OC)c1cnccc1C#N. The van der Waals surface area contributed by atoms with Crippen molar-refractivity contribution in [3.8, 4) is 6.07 Å². The van der Waals surface area contributed by atoms with Gasteiger partial charge in [-0.1, -0.05) is 0 Å². The molecule has 0 aliphatic heterocycles. The van der Waals surface area contributed by atoms with Crippen molar-refractivity contribution in [3.63, 3.8) is 0 Å². The van der Waals surface area contributed by atoms with Gasteiger partial charge in [0.1, 0.15) is 12.6 Å². The van der Waals surface area contributed by atoms with E-state index in [0.29, 0.717) is 17.8 Å². The Morgan fingerprint density at radius 1 is 1.69 bits per heavy atom. The fourth-order valence-electron chi connectivity index (χ4n) is 1.32. The lowest BCUT2D eigenvalue weighted by molar-refractivity contribution is -0.138. The standard InChI is InChI=1S/C11H13N3O2/c1-3-14(8-11(15)16-2)10-7-13-5-4-9(10)6-12/h4-5,7H,3,8H2,1-2H3. The zero-order chi connectivity index (χ0) is 12.0. The van der Waals surface area contributed by atoms with Crippen molar-refractivity contribution in [3.05, 3.63) is 24.0 Å². The molecule has 0 unspecified atom stereocenters. The Labute approximate surface area is 94.3 Å². The summed E-state index contributed by atoms with van der Waals surface area (Å²) in [5.74, 6) is -0.338. The van der Waals surface area contributed by atoms with Gasteiger partial charge in [0.25, 0.3) is 0 Å². The first kappa shape index (κ1) is 12.0. The molecule has 1 aromatic rings. The largest absolute Gasteiger partial charge is 0.468 e. The molecule has 5 heteroatoms. The Morgan fingerprint density at radius 3 is 3.00 bits per heavy atom. The van der Waals surface area contributed by atoms with Gasteiger partial charge in [-0.05, 0) is 13.0 Å². The summed E-state index contributed by atoms with van der Waals surface area (Å²) in [6, 6.07) is 3.69. The van der Waals surface area contributed by atoms with Crippen LogP contribution in [-0.2, 0) is 9.53 Å². The zero-order valence-electron chi connectivity index (χ0n) is 9.30. The summed E-state index contributed by atoms with van der Waals surface area (Å²) in [6.07, 6.45) is 3.12. The van der Waals surface area contributed by atoms with Crippen LogP contribution < -0.4 is 4.90 Å². The minimum absolute atomic E-state index is 0.118. The lowest BCUT2D eigenvalue weighted by Crippen LogP contribution is -2.30. The Kier molecular flexibility index (Phi) is 4.28. The highest BCUT2D eigenvalue weighted by molar-refractivity contribution is 5.76. The van der Waals surface area contributed by atoms with E-state index in [-0.39, 0.29) is 12.5 Å². The van der Waals surface area contributed by atoms with E-state index in [1.807, 2.05) is 6.92 Å². The number of anilines is 1. The molecular formula is C11H13N3O2. The Morgan fingerprint density at radius 2 is 2.44 bits per heavy atom. The van der Waals surface area contributed by atoms with Crippen LogP contribution in [0, 0.1) is 11.3 Å². The van der Waals surface area contributed by atoms with Gasteiger partial charge in [-0.15, -0.1) is 0 Å². The molecule has 0 N–H and O–H groups in total. The first-order valence-corrected chi connectivity index (χ1v) is 4.88. The first-order chi connectivity index (χ1) is 7.72. The van der Waals surface area contributed by atoms with Crippen molar-refractivity contribution in [2.45, 2.75) is 6.92 Å². The number of rotatable bonds is 4. The molecule has 0 saturated carbocycles. The number of esters is 1. The van der Waals surface area contributed by atoms with Crippen LogP contribution in [0.15, 0.2) is 18.5 Å². The predicted molar refractivity (Wildman–Crippen MR) is 58.9 cm³/mol. The van der Waals surface area contributed by atoms with Crippen molar-refractivity contribution >= 4 is 11.7 Å². The maximum Gasteiger partial charge on any atom is 0.325 e. The third kappa shape index (κ3) is 2.70. The molecular weight excluding hydrogens is 206 g/mol. The second kappa shape index (κ2) is 5.71. The van der Waals surface area contributed by atoms with E-state index in [1.165, 1.54) is 7.11 Å². The van der Waals surface area contributed by atoms with Gasteiger partial charge in [-0.3, -0.25) is 9.78 Å². The lowest BCUT2D eigenvalue weighted by Gasteiger charge is -2.21. The van der Waals surface area contributed by atoms with Crippen LogP contribution in [0.2, 0.25) is 0 Å². The van der Waals surface area contributed by atoms with Gasteiger partial charge in [0.15, 0.2) is 0 Å². The number of nitrogens with zero attached hydrogens (tertiary/aromatic N) is 3. The van der Waals surface area contributed by atoms with E-state index in [4.69, 9.17) is 5.26 Å². The molecule has 1 rings (SSSR count). The molecule has 16 heavy (non-hydrogen) atoms.